The molecule has 0 aromatic rings. The molecule has 0 aromatic carbocycles. The Morgan fingerprint density at radius 3 is 1.00 bits per heavy atom. The normalized spacial score (nSPS) is 41.3. The highest BCUT2D eigenvalue weighted by molar-refractivity contribution is 7.46. The van der Waals surface area contributed by atoms with E-state index in [0.29, 0.717) is 0 Å². The van der Waals surface area contributed by atoms with Gasteiger partial charge in [-0.15, -0.1) is 0 Å². The van der Waals surface area contributed by atoms with Crippen LogP contribution < -0.4 is 0 Å². The maximum Gasteiger partial charge on any atom is 0.470 e. The Morgan fingerprint density at radius 2 is 0.800 bits per heavy atom. The predicted octanol–water partition coefficient (Wildman–Crippen LogP) is -2.10. The van der Waals surface area contributed by atoms with Crippen molar-refractivity contribution in [1.82, 2.24) is 0 Å². The van der Waals surface area contributed by atoms with Crippen LogP contribution in [0.4, 0.5) is 0 Å². The van der Waals surface area contributed by atoms with E-state index in [-0.39, 0.29) is 0 Å². The zero-order valence-corrected chi connectivity index (χ0v) is 14.4. The zero-order chi connectivity index (χ0) is 18.8. The first-order valence-corrected chi connectivity index (χ1v) is 11.0. The maximum absolute atomic E-state index is 11.1. The second kappa shape index (κ2) is 6.38. The average Bonchev–Trinajstić information content (AvgIpc) is 2.36. The molecule has 15 nitrogen and oxygen atoms in total. The standard InChI is InChI=1S/C7H13O15P3/c8-23(9,10)20-4-1-5(21-24(11,12)13)3-6(22-25(14,15)16)2(4)18-7(17-1)19-3/h1-7H,(H2,8,9,10)(H2,11,12,13)(H2,14,15,16). The molecule has 18 heteroatoms. The van der Waals surface area contributed by atoms with E-state index in [1.54, 1.807) is 0 Å². The molecule has 3 heterocycles. The summed E-state index contributed by atoms with van der Waals surface area (Å²) in [6.45, 7) is -1.43. The largest absolute Gasteiger partial charge is 0.470 e. The third-order valence-corrected chi connectivity index (χ3v) is 5.08. The summed E-state index contributed by atoms with van der Waals surface area (Å²) >= 11 is 0. The fourth-order valence-corrected chi connectivity index (χ4v) is 4.57. The Labute approximate surface area is 138 Å². The lowest BCUT2D eigenvalue weighted by molar-refractivity contribution is -0.475. The predicted molar refractivity (Wildman–Crippen MR) is 69.2 cm³/mol. The number of hydrogen-bond donors (Lipinski definition) is 6. The van der Waals surface area contributed by atoms with E-state index in [0.717, 1.165) is 0 Å². The van der Waals surface area contributed by atoms with Gasteiger partial charge in [-0.25, -0.2) is 13.7 Å². The van der Waals surface area contributed by atoms with E-state index >= 15 is 0 Å². The Morgan fingerprint density at radius 1 is 0.560 bits per heavy atom. The van der Waals surface area contributed by atoms with Crippen LogP contribution in [0.15, 0.2) is 0 Å². The lowest BCUT2D eigenvalue weighted by Gasteiger charge is -2.57. The maximum atomic E-state index is 11.1. The van der Waals surface area contributed by atoms with Crippen molar-refractivity contribution in [2.45, 2.75) is 43.1 Å². The number of rotatable bonds is 6. The number of ether oxygens (including phenoxy) is 3. The van der Waals surface area contributed by atoms with Crippen molar-refractivity contribution in [2.24, 2.45) is 0 Å². The molecule has 4 rings (SSSR count). The number of phosphoric acid groups is 3. The molecule has 0 aromatic heterocycles. The lowest BCUT2D eigenvalue weighted by Crippen LogP contribution is -2.75. The molecule has 3 saturated heterocycles. The third kappa shape index (κ3) is 4.55. The van der Waals surface area contributed by atoms with Crippen molar-refractivity contribution in [1.29, 1.82) is 0 Å². The van der Waals surface area contributed by atoms with Gasteiger partial charge < -0.3 is 43.6 Å². The van der Waals surface area contributed by atoms with Crippen LogP contribution in [0.1, 0.15) is 0 Å². The minimum Gasteiger partial charge on any atom is -0.321 e. The Bertz CT molecular complexity index is 560. The first kappa shape index (κ1) is 20.0. The average molecular weight is 430 g/mol. The molecule has 0 unspecified atom stereocenters. The molecule has 4 aliphatic rings. The highest BCUT2D eigenvalue weighted by atomic mass is 31.2. The van der Waals surface area contributed by atoms with Gasteiger partial charge in [-0.3, -0.25) is 13.6 Å². The molecule has 0 amide bonds. The highest BCUT2D eigenvalue weighted by Gasteiger charge is 2.66. The Hall–Kier alpha value is 0.210. The van der Waals surface area contributed by atoms with E-state index in [4.69, 9.17) is 43.6 Å². The topological polar surface area (TPSA) is 228 Å². The summed E-state index contributed by atoms with van der Waals surface area (Å²) in [7, 11) is -15.4. The third-order valence-electron chi connectivity index (χ3n) is 3.52. The minimum atomic E-state index is -5.15. The summed E-state index contributed by atoms with van der Waals surface area (Å²) < 4.78 is 62.2. The van der Waals surface area contributed by atoms with Gasteiger partial charge in [-0.05, 0) is 0 Å². The molecule has 3 aliphatic heterocycles. The molecule has 0 spiro atoms. The molecular weight excluding hydrogens is 417 g/mol. The summed E-state index contributed by atoms with van der Waals surface area (Å²) in [4.78, 5) is 54.0. The van der Waals surface area contributed by atoms with Crippen molar-refractivity contribution in [3.63, 3.8) is 0 Å². The van der Waals surface area contributed by atoms with Gasteiger partial charge in [0.25, 0.3) is 6.48 Å². The molecule has 1 saturated carbocycles. The van der Waals surface area contributed by atoms with Gasteiger partial charge in [0.05, 0.1) is 0 Å². The molecule has 4 fully saturated rings. The molecule has 25 heavy (non-hydrogen) atoms. The summed E-state index contributed by atoms with van der Waals surface area (Å²) in [5, 5.41) is 0. The van der Waals surface area contributed by atoms with Gasteiger partial charge in [0.2, 0.25) is 0 Å². The number of phosphoric ester groups is 3. The molecule has 0 radical (unpaired) electrons. The van der Waals surface area contributed by atoms with Crippen molar-refractivity contribution in [3.8, 4) is 0 Å². The van der Waals surface area contributed by atoms with E-state index in [1.807, 2.05) is 0 Å². The van der Waals surface area contributed by atoms with Gasteiger partial charge in [0, 0.05) is 0 Å². The fraction of sp³-hybridized carbons (Fsp3) is 1.00. The van der Waals surface area contributed by atoms with Crippen molar-refractivity contribution < 1.29 is 70.8 Å². The number of hydrogen-bond acceptors (Lipinski definition) is 9. The van der Waals surface area contributed by atoms with Gasteiger partial charge in [0.1, 0.15) is 36.6 Å². The molecule has 146 valence electrons. The first-order valence-electron chi connectivity index (χ1n) is 6.42. The smallest absolute Gasteiger partial charge is 0.321 e. The Balaban J connectivity index is 1.96. The quantitative estimate of drug-likeness (QED) is 0.248. The molecular formula is C7H13O15P3. The van der Waals surface area contributed by atoms with Gasteiger partial charge in [-0.1, -0.05) is 0 Å². The van der Waals surface area contributed by atoms with Crippen LogP contribution in [0.25, 0.3) is 0 Å². The second-order valence-electron chi connectivity index (χ2n) is 5.27. The fourth-order valence-electron chi connectivity index (χ4n) is 2.90. The molecule has 0 atom stereocenters. The molecule has 4 bridgehead atoms. The van der Waals surface area contributed by atoms with E-state index in [2.05, 4.69) is 13.6 Å². The van der Waals surface area contributed by atoms with E-state index < -0.39 is 66.6 Å². The zero-order valence-electron chi connectivity index (χ0n) is 11.7. The van der Waals surface area contributed by atoms with E-state index in [1.165, 1.54) is 0 Å². The van der Waals surface area contributed by atoms with Gasteiger partial charge in [0.15, 0.2) is 0 Å². The van der Waals surface area contributed by atoms with Crippen LogP contribution >= 0.6 is 23.5 Å². The van der Waals surface area contributed by atoms with Gasteiger partial charge in [-0.2, -0.15) is 0 Å². The van der Waals surface area contributed by atoms with Crippen LogP contribution in [-0.2, 0) is 41.5 Å². The van der Waals surface area contributed by atoms with Gasteiger partial charge >= 0.3 is 23.5 Å². The van der Waals surface area contributed by atoms with Crippen LogP contribution in [-0.4, -0.2) is 72.5 Å². The van der Waals surface area contributed by atoms with E-state index in [9.17, 15) is 13.7 Å². The summed E-state index contributed by atoms with van der Waals surface area (Å²) in [6.07, 6.45) is -9.57. The highest BCUT2D eigenvalue weighted by Crippen LogP contribution is 2.54. The minimum absolute atomic E-state index is 1.43. The molecule has 6 N–H and O–H groups in total. The summed E-state index contributed by atoms with van der Waals surface area (Å²) in [6, 6.07) is 0. The lowest BCUT2D eigenvalue weighted by atomic mass is 9.83. The Kier molecular flexibility index (Phi) is 5.09. The SMILES string of the molecule is O=P(O)(O)OC1C2OC3OC1C(OP(=O)(O)O)C(O3)C2OP(=O)(O)O. The van der Waals surface area contributed by atoms with Crippen LogP contribution in [0.2, 0.25) is 0 Å². The van der Waals surface area contributed by atoms with Crippen LogP contribution in [0, 0.1) is 0 Å². The first-order chi connectivity index (χ1) is 11.2. The monoisotopic (exact) mass is 430 g/mol. The van der Waals surface area contributed by atoms with Crippen molar-refractivity contribution >= 4 is 23.5 Å². The molecule has 1 aliphatic carbocycles. The van der Waals surface area contributed by atoms with Crippen LogP contribution in [0.3, 0.4) is 0 Å². The van der Waals surface area contributed by atoms with Crippen LogP contribution in [0.5, 0.6) is 0 Å². The second-order valence-corrected chi connectivity index (χ2v) is 8.85. The summed E-state index contributed by atoms with van der Waals surface area (Å²) in [5.74, 6) is 0. The van der Waals surface area contributed by atoms with Crippen molar-refractivity contribution in [2.75, 3.05) is 0 Å². The summed E-state index contributed by atoms with van der Waals surface area (Å²) in [5.41, 5.74) is 0. The van der Waals surface area contributed by atoms with Crippen molar-refractivity contribution in [3.05, 3.63) is 0 Å².